The van der Waals surface area contributed by atoms with E-state index in [1.165, 1.54) is 28.9 Å². The first kappa shape index (κ1) is 20.5. The van der Waals surface area contributed by atoms with E-state index in [0.29, 0.717) is 0 Å². The van der Waals surface area contributed by atoms with Gasteiger partial charge < -0.3 is 4.90 Å². The van der Waals surface area contributed by atoms with Crippen LogP contribution in [0, 0.1) is 19.7 Å². The van der Waals surface area contributed by atoms with Gasteiger partial charge in [0.15, 0.2) is 0 Å². The number of rotatable bonds is 7. The first-order chi connectivity index (χ1) is 14.6. The molecule has 1 aromatic heterocycles. The molecule has 30 heavy (non-hydrogen) atoms. The van der Waals surface area contributed by atoms with Crippen LogP contribution in [0.5, 0.6) is 0 Å². The molecule has 6 heteroatoms. The molecule has 0 atom stereocenters. The molecule has 158 valence electrons. The molecule has 2 heterocycles. The molecule has 1 aliphatic heterocycles. The van der Waals surface area contributed by atoms with Crippen LogP contribution in [0.1, 0.15) is 24.0 Å². The average Bonchev–Trinajstić information content (AvgIpc) is 3.22. The normalized spacial score (nSPS) is 15.0. The van der Waals surface area contributed by atoms with Crippen LogP contribution >= 0.6 is 0 Å². The number of hydrogen-bond donors (Lipinski definition) is 0. The summed E-state index contributed by atoms with van der Waals surface area (Å²) in [5, 5.41) is 8.21. The molecular formula is C24H30FN5. The minimum Gasteiger partial charge on any atom is -0.369 e. The van der Waals surface area contributed by atoms with Crippen molar-refractivity contribution in [2.45, 2.75) is 33.2 Å². The molecule has 1 fully saturated rings. The fourth-order valence-electron chi connectivity index (χ4n) is 4.18. The molecule has 5 nitrogen and oxygen atoms in total. The SMILES string of the molecule is Cc1cccc(N2CCN(CCCCn3nncc3-c3cccc(F)c3)CC2)c1C. The lowest BCUT2D eigenvalue weighted by Gasteiger charge is -2.37. The summed E-state index contributed by atoms with van der Waals surface area (Å²) >= 11 is 0. The van der Waals surface area contributed by atoms with Gasteiger partial charge in [0.05, 0.1) is 11.9 Å². The zero-order valence-electron chi connectivity index (χ0n) is 17.9. The van der Waals surface area contributed by atoms with E-state index in [2.05, 4.69) is 52.2 Å². The van der Waals surface area contributed by atoms with Crippen LogP contribution in [0.15, 0.2) is 48.7 Å². The van der Waals surface area contributed by atoms with E-state index in [9.17, 15) is 4.39 Å². The second-order valence-corrected chi connectivity index (χ2v) is 8.11. The third-order valence-corrected chi connectivity index (χ3v) is 6.12. The predicted octanol–water partition coefficient (Wildman–Crippen LogP) is 4.30. The first-order valence-corrected chi connectivity index (χ1v) is 10.8. The molecule has 0 amide bonds. The molecule has 0 bridgehead atoms. The van der Waals surface area contributed by atoms with E-state index < -0.39 is 0 Å². The third-order valence-electron chi connectivity index (χ3n) is 6.12. The first-order valence-electron chi connectivity index (χ1n) is 10.8. The number of halogens is 1. The monoisotopic (exact) mass is 407 g/mol. The topological polar surface area (TPSA) is 37.2 Å². The molecule has 4 rings (SSSR count). The molecule has 0 N–H and O–H groups in total. The Morgan fingerprint density at radius 2 is 1.70 bits per heavy atom. The van der Waals surface area contributed by atoms with E-state index >= 15 is 0 Å². The van der Waals surface area contributed by atoms with Crippen LogP contribution < -0.4 is 4.90 Å². The van der Waals surface area contributed by atoms with Crippen LogP contribution in [-0.2, 0) is 6.54 Å². The fraction of sp³-hybridized carbons (Fsp3) is 0.417. The highest BCUT2D eigenvalue weighted by Crippen LogP contribution is 2.24. The fourth-order valence-corrected chi connectivity index (χ4v) is 4.18. The van der Waals surface area contributed by atoms with Gasteiger partial charge in [0.2, 0.25) is 0 Å². The van der Waals surface area contributed by atoms with Gasteiger partial charge in [-0.15, -0.1) is 5.10 Å². The molecule has 3 aromatic rings. The van der Waals surface area contributed by atoms with Crippen molar-refractivity contribution in [3.8, 4) is 11.3 Å². The number of aromatic nitrogens is 3. The number of piperazine rings is 1. The zero-order valence-corrected chi connectivity index (χ0v) is 17.9. The summed E-state index contributed by atoms with van der Waals surface area (Å²) in [5.41, 5.74) is 5.83. The van der Waals surface area contributed by atoms with Crippen molar-refractivity contribution >= 4 is 5.69 Å². The number of benzene rings is 2. The lowest BCUT2D eigenvalue weighted by atomic mass is 10.1. The number of anilines is 1. The quantitative estimate of drug-likeness (QED) is 0.547. The van der Waals surface area contributed by atoms with E-state index in [1.807, 2.05) is 10.7 Å². The molecule has 0 spiro atoms. The minimum atomic E-state index is -0.236. The minimum absolute atomic E-state index is 0.236. The van der Waals surface area contributed by atoms with Crippen molar-refractivity contribution in [1.82, 2.24) is 19.9 Å². The Morgan fingerprint density at radius 1 is 0.933 bits per heavy atom. The maximum Gasteiger partial charge on any atom is 0.123 e. The molecule has 2 aromatic carbocycles. The number of aryl methyl sites for hydroxylation is 2. The van der Waals surface area contributed by atoms with Crippen molar-refractivity contribution < 1.29 is 4.39 Å². The summed E-state index contributed by atoms with van der Waals surface area (Å²) in [7, 11) is 0. The van der Waals surface area contributed by atoms with E-state index in [4.69, 9.17) is 0 Å². The van der Waals surface area contributed by atoms with Gasteiger partial charge >= 0.3 is 0 Å². The molecule has 1 aliphatic rings. The number of nitrogens with zero attached hydrogens (tertiary/aromatic N) is 5. The number of unbranched alkanes of at least 4 members (excludes halogenated alkanes) is 1. The highest BCUT2D eigenvalue weighted by molar-refractivity contribution is 5.58. The van der Waals surface area contributed by atoms with Crippen molar-refractivity contribution in [2.75, 3.05) is 37.6 Å². The van der Waals surface area contributed by atoms with Gasteiger partial charge in [-0.2, -0.15) is 0 Å². The van der Waals surface area contributed by atoms with Crippen LogP contribution in [0.2, 0.25) is 0 Å². The Morgan fingerprint density at radius 3 is 2.50 bits per heavy atom. The summed E-state index contributed by atoms with van der Waals surface area (Å²) in [6, 6.07) is 13.2. The molecular weight excluding hydrogens is 377 g/mol. The van der Waals surface area contributed by atoms with Crippen molar-refractivity contribution in [2.24, 2.45) is 0 Å². The van der Waals surface area contributed by atoms with E-state index in [-0.39, 0.29) is 5.82 Å². The van der Waals surface area contributed by atoms with E-state index in [1.54, 1.807) is 12.3 Å². The summed E-state index contributed by atoms with van der Waals surface area (Å²) in [5.74, 6) is -0.236. The van der Waals surface area contributed by atoms with Gasteiger partial charge in [0, 0.05) is 44.0 Å². The third kappa shape index (κ3) is 4.70. The van der Waals surface area contributed by atoms with E-state index in [0.717, 1.165) is 63.4 Å². The smallest absolute Gasteiger partial charge is 0.123 e. The van der Waals surface area contributed by atoms with Gasteiger partial charge in [-0.05, 0) is 62.6 Å². The van der Waals surface area contributed by atoms with Gasteiger partial charge in [-0.1, -0.05) is 29.5 Å². The highest BCUT2D eigenvalue weighted by atomic mass is 19.1. The number of hydrogen-bond acceptors (Lipinski definition) is 4. The largest absolute Gasteiger partial charge is 0.369 e. The summed E-state index contributed by atoms with van der Waals surface area (Å²) in [6.45, 7) is 10.7. The average molecular weight is 408 g/mol. The molecule has 0 saturated carbocycles. The van der Waals surface area contributed by atoms with Crippen LogP contribution in [-0.4, -0.2) is 52.6 Å². The Balaban J connectivity index is 1.23. The Kier molecular flexibility index (Phi) is 6.43. The van der Waals surface area contributed by atoms with Crippen molar-refractivity contribution in [3.05, 3.63) is 65.6 Å². The van der Waals surface area contributed by atoms with Crippen molar-refractivity contribution in [3.63, 3.8) is 0 Å². The molecule has 0 unspecified atom stereocenters. The van der Waals surface area contributed by atoms with Gasteiger partial charge in [-0.3, -0.25) is 4.90 Å². The zero-order chi connectivity index (χ0) is 20.9. The van der Waals surface area contributed by atoms with Crippen LogP contribution in [0.25, 0.3) is 11.3 Å². The predicted molar refractivity (Wildman–Crippen MR) is 119 cm³/mol. The second kappa shape index (κ2) is 9.39. The van der Waals surface area contributed by atoms with Gasteiger partial charge in [-0.25, -0.2) is 9.07 Å². The molecule has 1 saturated heterocycles. The molecule has 0 radical (unpaired) electrons. The lowest BCUT2D eigenvalue weighted by molar-refractivity contribution is 0.250. The van der Waals surface area contributed by atoms with Gasteiger partial charge in [0.1, 0.15) is 5.82 Å². The Hall–Kier alpha value is -2.73. The standard InChI is InChI=1S/C24H30FN5/c1-19-7-5-10-23(20(19)2)29-15-13-28(14-16-29)11-3-4-12-30-24(18-26-27-30)21-8-6-9-22(25)17-21/h5-10,17-18H,3-4,11-16H2,1-2H3. The maximum atomic E-state index is 13.5. The molecule has 0 aliphatic carbocycles. The Labute approximate surface area is 178 Å². The summed E-state index contributed by atoms with van der Waals surface area (Å²) in [6.07, 6.45) is 3.86. The van der Waals surface area contributed by atoms with Crippen LogP contribution in [0.4, 0.5) is 10.1 Å². The maximum absolute atomic E-state index is 13.5. The van der Waals surface area contributed by atoms with Crippen molar-refractivity contribution in [1.29, 1.82) is 0 Å². The summed E-state index contributed by atoms with van der Waals surface area (Å²) in [4.78, 5) is 5.07. The Bertz CT molecular complexity index is 975. The van der Waals surface area contributed by atoms with Gasteiger partial charge in [0.25, 0.3) is 0 Å². The lowest BCUT2D eigenvalue weighted by Crippen LogP contribution is -2.46. The highest BCUT2D eigenvalue weighted by Gasteiger charge is 2.18. The summed E-state index contributed by atoms with van der Waals surface area (Å²) < 4.78 is 15.4. The van der Waals surface area contributed by atoms with Crippen LogP contribution in [0.3, 0.4) is 0 Å². The second-order valence-electron chi connectivity index (χ2n) is 8.11.